The molecule has 0 spiro atoms. The Morgan fingerprint density at radius 3 is 2.56 bits per heavy atom. The van der Waals surface area contributed by atoms with Gasteiger partial charge in [0.25, 0.3) is 0 Å². The van der Waals surface area contributed by atoms with E-state index in [0.29, 0.717) is 12.5 Å². The molecule has 4 rings (SSSR count). The molecule has 1 aliphatic heterocycles. The molecule has 168 valence electrons. The number of hydrogen-bond donors (Lipinski definition) is 2. The summed E-state index contributed by atoms with van der Waals surface area (Å²) in [6.07, 6.45) is 5.46. The predicted molar refractivity (Wildman–Crippen MR) is 138 cm³/mol. The van der Waals surface area contributed by atoms with Gasteiger partial charge in [0.1, 0.15) is 0 Å². The van der Waals surface area contributed by atoms with E-state index in [-0.39, 0.29) is 36.4 Å². The normalized spacial score (nSPS) is 13.2. The van der Waals surface area contributed by atoms with Gasteiger partial charge in [0, 0.05) is 39.1 Å². The van der Waals surface area contributed by atoms with Crippen molar-refractivity contribution in [3.8, 4) is 5.69 Å². The van der Waals surface area contributed by atoms with Crippen LogP contribution in [0.2, 0.25) is 0 Å². The fourth-order valence-electron chi connectivity index (χ4n) is 3.76. The van der Waals surface area contributed by atoms with Crippen molar-refractivity contribution in [3.63, 3.8) is 0 Å². The van der Waals surface area contributed by atoms with E-state index in [4.69, 9.17) is 0 Å². The number of nitrogens with zero attached hydrogens (tertiary/aromatic N) is 4. The standard InChI is InChI=1S/C24H28N6O.HI/c1-25-24(26-14-11-19-7-9-22(10-8-19)30-15-4-13-28-30)27-17-23(31)29-16-12-20-5-2-3-6-21(20)18-29;/h2-10,13,15H,11-12,14,16-18H2,1H3,(H2,25,26,27);1H. The molecular formula is C24H29IN6O. The molecule has 32 heavy (non-hydrogen) atoms. The molecule has 7 nitrogen and oxygen atoms in total. The Hall–Kier alpha value is -2.88. The number of aliphatic imine (C=N–C) groups is 1. The van der Waals surface area contributed by atoms with Crippen molar-refractivity contribution in [1.29, 1.82) is 0 Å². The number of hydrogen-bond acceptors (Lipinski definition) is 3. The summed E-state index contributed by atoms with van der Waals surface area (Å²) in [4.78, 5) is 18.8. The molecule has 0 atom stereocenters. The molecule has 0 fully saturated rings. The molecule has 8 heteroatoms. The predicted octanol–water partition coefficient (Wildman–Crippen LogP) is 2.78. The molecule has 1 aliphatic rings. The first kappa shape index (κ1) is 23.8. The lowest BCUT2D eigenvalue weighted by Crippen LogP contribution is -2.46. The Bertz CT molecular complexity index is 1030. The summed E-state index contributed by atoms with van der Waals surface area (Å²) in [5, 5.41) is 10.7. The molecule has 0 radical (unpaired) electrons. The van der Waals surface area contributed by atoms with Crippen molar-refractivity contribution >= 4 is 35.8 Å². The van der Waals surface area contributed by atoms with Gasteiger partial charge in [-0.25, -0.2) is 4.68 Å². The van der Waals surface area contributed by atoms with Crippen LogP contribution < -0.4 is 10.6 Å². The van der Waals surface area contributed by atoms with E-state index in [1.165, 1.54) is 16.7 Å². The minimum Gasteiger partial charge on any atom is -0.356 e. The van der Waals surface area contributed by atoms with Gasteiger partial charge in [0.15, 0.2) is 5.96 Å². The SMILES string of the molecule is CN=C(NCCc1ccc(-n2cccn2)cc1)NCC(=O)N1CCc2ccccc2C1.I. The van der Waals surface area contributed by atoms with Crippen LogP contribution in [0.3, 0.4) is 0 Å². The number of carbonyl (C=O) groups excluding carboxylic acids is 1. The molecule has 0 bridgehead atoms. The van der Waals surface area contributed by atoms with Crippen LogP contribution in [0.25, 0.3) is 5.69 Å². The molecule has 0 unspecified atom stereocenters. The van der Waals surface area contributed by atoms with Crippen molar-refractivity contribution in [1.82, 2.24) is 25.3 Å². The van der Waals surface area contributed by atoms with Crippen LogP contribution in [0.15, 0.2) is 72.0 Å². The Balaban J connectivity index is 0.00000289. The smallest absolute Gasteiger partial charge is 0.242 e. The van der Waals surface area contributed by atoms with E-state index in [0.717, 1.165) is 31.6 Å². The van der Waals surface area contributed by atoms with Gasteiger partial charge < -0.3 is 15.5 Å². The first-order valence-electron chi connectivity index (χ1n) is 10.6. The van der Waals surface area contributed by atoms with E-state index in [9.17, 15) is 4.79 Å². The summed E-state index contributed by atoms with van der Waals surface area (Å²) in [7, 11) is 1.72. The third kappa shape index (κ3) is 6.09. The lowest BCUT2D eigenvalue weighted by molar-refractivity contribution is -0.130. The minimum absolute atomic E-state index is 0. The second-order valence-electron chi connectivity index (χ2n) is 7.55. The molecule has 3 aromatic rings. The molecule has 2 aromatic carbocycles. The summed E-state index contributed by atoms with van der Waals surface area (Å²) in [6.45, 7) is 2.40. The monoisotopic (exact) mass is 544 g/mol. The number of aromatic nitrogens is 2. The van der Waals surface area contributed by atoms with E-state index >= 15 is 0 Å². The van der Waals surface area contributed by atoms with Gasteiger partial charge in [0.2, 0.25) is 5.91 Å². The molecule has 0 aliphatic carbocycles. The van der Waals surface area contributed by atoms with Gasteiger partial charge in [0.05, 0.1) is 12.2 Å². The summed E-state index contributed by atoms with van der Waals surface area (Å²) >= 11 is 0. The topological polar surface area (TPSA) is 74.5 Å². The Morgan fingerprint density at radius 1 is 1.06 bits per heavy atom. The average molecular weight is 544 g/mol. The summed E-state index contributed by atoms with van der Waals surface area (Å²) in [5.74, 6) is 0.727. The lowest BCUT2D eigenvalue weighted by Gasteiger charge is -2.29. The van der Waals surface area contributed by atoms with Crippen LogP contribution >= 0.6 is 24.0 Å². The largest absolute Gasteiger partial charge is 0.356 e. The van der Waals surface area contributed by atoms with Crippen LogP contribution in [-0.2, 0) is 24.2 Å². The molecule has 2 N–H and O–H groups in total. The quantitative estimate of drug-likeness (QED) is 0.285. The zero-order chi connectivity index (χ0) is 21.5. The van der Waals surface area contributed by atoms with Gasteiger partial charge >= 0.3 is 0 Å². The number of halogens is 1. The summed E-state index contributed by atoms with van der Waals surface area (Å²) < 4.78 is 1.84. The molecular weight excluding hydrogens is 515 g/mol. The maximum Gasteiger partial charge on any atom is 0.242 e. The number of fused-ring (bicyclic) bond motifs is 1. The maximum absolute atomic E-state index is 12.6. The number of benzene rings is 2. The number of guanidine groups is 1. The molecule has 0 saturated carbocycles. The van der Waals surface area contributed by atoms with Crippen LogP contribution in [-0.4, -0.2) is 53.2 Å². The van der Waals surface area contributed by atoms with Crippen molar-refractivity contribution in [2.45, 2.75) is 19.4 Å². The van der Waals surface area contributed by atoms with E-state index in [2.05, 4.69) is 63.2 Å². The van der Waals surface area contributed by atoms with E-state index in [1.807, 2.05) is 27.9 Å². The Labute approximate surface area is 205 Å². The summed E-state index contributed by atoms with van der Waals surface area (Å²) in [6, 6.07) is 18.6. The highest BCUT2D eigenvalue weighted by atomic mass is 127. The fourth-order valence-corrected chi connectivity index (χ4v) is 3.76. The number of rotatable bonds is 6. The highest BCUT2D eigenvalue weighted by Crippen LogP contribution is 2.18. The molecule has 2 heterocycles. The molecule has 1 aromatic heterocycles. The second kappa shape index (κ2) is 11.7. The van der Waals surface area contributed by atoms with Gasteiger partial charge in [-0.1, -0.05) is 36.4 Å². The second-order valence-corrected chi connectivity index (χ2v) is 7.55. The zero-order valence-corrected chi connectivity index (χ0v) is 20.5. The van der Waals surface area contributed by atoms with Crippen LogP contribution in [0.5, 0.6) is 0 Å². The first-order chi connectivity index (χ1) is 15.2. The minimum atomic E-state index is 0. The van der Waals surface area contributed by atoms with Crippen molar-refractivity contribution in [3.05, 3.63) is 83.7 Å². The number of amides is 1. The lowest BCUT2D eigenvalue weighted by atomic mass is 10.00. The van der Waals surface area contributed by atoms with Crippen molar-refractivity contribution < 1.29 is 4.79 Å². The van der Waals surface area contributed by atoms with Crippen LogP contribution in [0.1, 0.15) is 16.7 Å². The first-order valence-corrected chi connectivity index (χ1v) is 10.6. The van der Waals surface area contributed by atoms with Crippen molar-refractivity contribution in [2.75, 3.05) is 26.7 Å². The fraction of sp³-hybridized carbons (Fsp3) is 0.292. The van der Waals surface area contributed by atoms with Crippen LogP contribution in [0, 0.1) is 0 Å². The van der Waals surface area contributed by atoms with Gasteiger partial charge in [-0.2, -0.15) is 5.10 Å². The van der Waals surface area contributed by atoms with Gasteiger partial charge in [-0.3, -0.25) is 9.79 Å². The Morgan fingerprint density at radius 2 is 1.84 bits per heavy atom. The van der Waals surface area contributed by atoms with Crippen LogP contribution in [0.4, 0.5) is 0 Å². The number of nitrogens with one attached hydrogen (secondary N) is 2. The highest BCUT2D eigenvalue weighted by Gasteiger charge is 2.20. The van der Waals surface area contributed by atoms with E-state index in [1.54, 1.807) is 13.2 Å². The van der Waals surface area contributed by atoms with Gasteiger partial charge in [-0.15, -0.1) is 24.0 Å². The zero-order valence-electron chi connectivity index (χ0n) is 18.2. The maximum atomic E-state index is 12.6. The van der Waals surface area contributed by atoms with Gasteiger partial charge in [-0.05, 0) is 47.7 Å². The Kier molecular flexibility index (Phi) is 8.66. The average Bonchev–Trinajstić information content (AvgIpc) is 3.36. The van der Waals surface area contributed by atoms with Crippen molar-refractivity contribution in [2.24, 2.45) is 4.99 Å². The van der Waals surface area contributed by atoms with E-state index < -0.39 is 0 Å². The summed E-state index contributed by atoms with van der Waals surface area (Å²) in [5.41, 5.74) is 4.85. The third-order valence-electron chi connectivity index (χ3n) is 5.53. The molecule has 1 amide bonds. The molecule has 0 saturated heterocycles. The highest BCUT2D eigenvalue weighted by molar-refractivity contribution is 14.0. The number of carbonyl (C=O) groups is 1. The third-order valence-corrected chi connectivity index (χ3v) is 5.53.